The molecule has 0 spiro atoms. The van der Waals surface area contributed by atoms with Crippen LogP contribution in [0.5, 0.6) is 0 Å². The maximum Gasteiger partial charge on any atom is 0.308 e. The summed E-state index contributed by atoms with van der Waals surface area (Å²) in [6.07, 6.45) is 0.746. The highest BCUT2D eigenvalue weighted by molar-refractivity contribution is 5.74. The van der Waals surface area contributed by atoms with Gasteiger partial charge in [-0.05, 0) is 13.3 Å². The molecule has 0 rings (SSSR count). The van der Waals surface area contributed by atoms with Crippen LogP contribution in [0, 0.1) is 5.92 Å². The first-order valence-electron chi connectivity index (χ1n) is 4.35. The van der Waals surface area contributed by atoms with E-state index in [1.54, 1.807) is 13.8 Å². The van der Waals surface area contributed by atoms with Gasteiger partial charge < -0.3 is 9.47 Å². The lowest BCUT2D eigenvalue weighted by atomic mass is 10.1. The Balaban J connectivity index is 3.63. The zero-order chi connectivity index (χ0) is 10.3. The molecule has 0 bridgehead atoms. The van der Waals surface area contributed by atoms with E-state index < -0.39 is 0 Å². The van der Waals surface area contributed by atoms with Crippen LogP contribution in [-0.2, 0) is 19.1 Å². The molecule has 0 saturated carbocycles. The van der Waals surface area contributed by atoms with Crippen molar-refractivity contribution in [2.24, 2.45) is 5.92 Å². The lowest BCUT2D eigenvalue weighted by molar-refractivity contribution is -0.146. The Morgan fingerprint density at radius 1 is 1.38 bits per heavy atom. The predicted molar refractivity (Wildman–Crippen MR) is 47.0 cm³/mol. The molecule has 0 aromatic carbocycles. The third kappa shape index (κ3) is 5.22. The second-order valence-corrected chi connectivity index (χ2v) is 2.77. The molecular formula is C9H16O4. The summed E-state index contributed by atoms with van der Waals surface area (Å²) >= 11 is 0. The van der Waals surface area contributed by atoms with Crippen LogP contribution in [0.15, 0.2) is 0 Å². The molecule has 1 atom stereocenters. The van der Waals surface area contributed by atoms with Crippen LogP contribution >= 0.6 is 0 Å². The van der Waals surface area contributed by atoms with Gasteiger partial charge in [0, 0.05) is 6.42 Å². The average molecular weight is 188 g/mol. The number of carbonyl (C=O) groups excluding carboxylic acids is 2. The first-order chi connectivity index (χ1) is 6.11. The molecule has 0 amide bonds. The van der Waals surface area contributed by atoms with Gasteiger partial charge in [0.1, 0.15) is 0 Å². The number of hydrogen-bond acceptors (Lipinski definition) is 4. The van der Waals surface area contributed by atoms with Crippen molar-refractivity contribution < 1.29 is 19.1 Å². The maximum atomic E-state index is 10.9. The summed E-state index contributed by atoms with van der Waals surface area (Å²) in [5, 5.41) is 0. The molecule has 0 N–H and O–H groups in total. The van der Waals surface area contributed by atoms with Crippen molar-refractivity contribution in [3.8, 4) is 0 Å². The van der Waals surface area contributed by atoms with E-state index >= 15 is 0 Å². The Hall–Kier alpha value is -1.06. The normalized spacial score (nSPS) is 11.9. The van der Waals surface area contributed by atoms with Gasteiger partial charge in [0.2, 0.25) is 0 Å². The molecule has 0 aromatic rings. The Labute approximate surface area is 78.2 Å². The molecule has 0 aliphatic rings. The van der Waals surface area contributed by atoms with Gasteiger partial charge in [-0.3, -0.25) is 9.59 Å². The van der Waals surface area contributed by atoms with Crippen LogP contribution in [0.4, 0.5) is 0 Å². The summed E-state index contributed by atoms with van der Waals surface area (Å²) in [5.74, 6) is -0.794. The first-order valence-corrected chi connectivity index (χ1v) is 4.35. The number of carbonyl (C=O) groups is 2. The van der Waals surface area contributed by atoms with Crippen molar-refractivity contribution in [2.75, 3.05) is 13.7 Å². The van der Waals surface area contributed by atoms with Crippen molar-refractivity contribution in [3.63, 3.8) is 0 Å². The van der Waals surface area contributed by atoms with Crippen molar-refractivity contribution in [1.29, 1.82) is 0 Å². The molecule has 4 heteroatoms. The largest absolute Gasteiger partial charge is 0.469 e. The smallest absolute Gasteiger partial charge is 0.308 e. The Morgan fingerprint density at radius 2 is 2.00 bits per heavy atom. The summed E-state index contributed by atoms with van der Waals surface area (Å²) in [7, 11) is 1.34. The summed E-state index contributed by atoms with van der Waals surface area (Å²) < 4.78 is 9.23. The van der Waals surface area contributed by atoms with Crippen LogP contribution in [-0.4, -0.2) is 25.7 Å². The Bertz CT molecular complexity index is 176. The third-order valence-corrected chi connectivity index (χ3v) is 1.69. The van der Waals surface area contributed by atoms with E-state index in [2.05, 4.69) is 4.74 Å². The maximum absolute atomic E-state index is 10.9. The van der Waals surface area contributed by atoms with Gasteiger partial charge in [-0.1, -0.05) is 6.92 Å². The topological polar surface area (TPSA) is 52.6 Å². The molecule has 0 aliphatic carbocycles. The molecule has 0 fully saturated rings. The summed E-state index contributed by atoms with van der Waals surface area (Å²) in [5.41, 5.74) is 0. The Kier molecular flexibility index (Phi) is 5.93. The average Bonchev–Trinajstić information content (AvgIpc) is 2.13. The molecule has 13 heavy (non-hydrogen) atoms. The molecule has 0 heterocycles. The van der Waals surface area contributed by atoms with Crippen LogP contribution in [0.1, 0.15) is 26.7 Å². The van der Waals surface area contributed by atoms with Crippen molar-refractivity contribution in [1.82, 2.24) is 0 Å². The number of hydrogen-bond donors (Lipinski definition) is 0. The fourth-order valence-electron chi connectivity index (χ4n) is 0.887. The van der Waals surface area contributed by atoms with Gasteiger partial charge in [0.15, 0.2) is 0 Å². The van der Waals surface area contributed by atoms with Crippen molar-refractivity contribution >= 4 is 11.9 Å². The fraction of sp³-hybridized carbons (Fsp3) is 0.778. The van der Waals surface area contributed by atoms with Gasteiger partial charge in [-0.15, -0.1) is 0 Å². The van der Waals surface area contributed by atoms with Gasteiger partial charge in [-0.2, -0.15) is 0 Å². The van der Waals surface area contributed by atoms with Crippen molar-refractivity contribution in [2.45, 2.75) is 26.7 Å². The predicted octanol–water partition coefficient (Wildman–Crippen LogP) is 1.14. The SMILES string of the molecule is CCOC(=O)CCC(C)C(=O)OC. The van der Waals surface area contributed by atoms with E-state index in [0.29, 0.717) is 13.0 Å². The second kappa shape index (κ2) is 6.46. The van der Waals surface area contributed by atoms with Gasteiger partial charge in [-0.25, -0.2) is 0 Å². The fourth-order valence-corrected chi connectivity index (χ4v) is 0.887. The zero-order valence-corrected chi connectivity index (χ0v) is 8.33. The molecule has 0 radical (unpaired) electrons. The minimum absolute atomic E-state index is 0.241. The molecule has 0 aromatic heterocycles. The minimum Gasteiger partial charge on any atom is -0.469 e. The molecular weight excluding hydrogens is 172 g/mol. The number of rotatable bonds is 5. The van der Waals surface area contributed by atoms with E-state index in [4.69, 9.17) is 4.74 Å². The van der Waals surface area contributed by atoms with E-state index in [9.17, 15) is 9.59 Å². The highest BCUT2D eigenvalue weighted by Gasteiger charge is 2.14. The number of methoxy groups -OCH3 is 1. The van der Waals surface area contributed by atoms with E-state index in [0.717, 1.165) is 0 Å². The molecule has 0 aliphatic heterocycles. The highest BCUT2D eigenvalue weighted by Crippen LogP contribution is 2.07. The van der Waals surface area contributed by atoms with Crippen molar-refractivity contribution in [3.05, 3.63) is 0 Å². The molecule has 4 nitrogen and oxygen atoms in total. The quantitative estimate of drug-likeness (QED) is 0.607. The lowest BCUT2D eigenvalue weighted by Gasteiger charge is -2.07. The summed E-state index contributed by atoms with van der Waals surface area (Å²) in [6, 6.07) is 0. The summed E-state index contributed by atoms with van der Waals surface area (Å²) in [6.45, 7) is 3.86. The van der Waals surface area contributed by atoms with Gasteiger partial charge in [0.05, 0.1) is 19.6 Å². The second-order valence-electron chi connectivity index (χ2n) is 2.77. The molecule has 76 valence electrons. The minimum atomic E-state index is -0.288. The van der Waals surface area contributed by atoms with Gasteiger partial charge in [0.25, 0.3) is 0 Å². The van der Waals surface area contributed by atoms with Gasteiger partial charge >= 0.3 is 11.9 Å². The van der Waals surface area contributed by atoms with Crippen LogP contribution in [0.25, 0.3) is 0 Å². The molecule has 0 saturated heterocycles. The van der Waals surface area contributed by atoms with E-state index in [1.165, 1.54) is 7.11 Å². The Morgan fingerprint density at radius 3 is 2.46 bits per heavy atom. The third-order valence-electron chi connectivity index (χ3n) is 1.69. The summed E-state index contributed by atoms with van der Waals surface area (Å²) in [4.78, 5) is 21.8. The molecule has 1 unspecified atom stereocenters. The number of ether oxygens (including phenoxy) is 2. The standard InChI is InChI=1S/C9H16O4/c1-4-13-8(10)6-5-7(2)9(11)12-3/h7H,4-6H2,1-3H3. The van der Waals surface area contributed by atoms with E-state index in [-0.39, 0.29) is 24.3 Å². The first kappa shape index (κ1) is 11.9. The highest BCUT2D eigenvalue weighted by atomic mass is 16.5. The number of esters is 2. The lowest BCUT2D eigenvalue weighted by Crippen LogP contribution is -2.15. The van der Waals surface area contributed by atoms with Crippen LogP contribution in [0.3, 0.4) is 0 Å². The van der Waals surface area contributed by atoms with Crippen LogP contribution < -0.4 is 0 Å². The zero-order valence-electron chi connectivity index (χ0n) is 8.33. The monoisotopic (exact) mass is 188 g/mol. The van der Waals surface area contributed by atoms with Crippen LogP contribution in [0.2, 0.25) is 0 Å². The van der Waals surface area contributed by atoms with E-state index in [1.807, 2.05) is 0 Å².